The number of hydrogen-bond donors (Lipinski definition) is 1. The van der Waals surface area contributed by atoms with Gasteiger partial charge in [0.05, 0.1) is 16.5 Å². The second-order valence-electron chi connectivity index (χ2n) is 6.14. The number of hydrogen-bond acceptors (Lipinski definition) is 6. The van der Waals surface area contributed by atoms with Gasteiger partial charge >= 0.3 is 5.97 Å². The topological polar surface area (TPSA) is 83.9 Å². The maximum Gasteiger partial charge on any atom is 0.308 e. The maximum absolute atomic E-state index is 13.0. The highest BCUT2D eigenvalue weighted by Crippen LogP contribution is 2.40. The zero-order valence-corrected chi connectivity index (χ0v) is 15.8. The number of thiophene rings is 1. The molecule has 6 nitrogen and oxygen atoms in total. The summed E-state index contributed by atoms with van der Waals surface area (Å²) in [7, 11) is 0. The van der Waals surface area contributed by atoms with Crippen molar-refractivity contribution in [3.05, 3.63) is 63.6 Å². The number of esters is 1. The van der Waals surface area contributed by atoms with Crippen LogP contribution in [0.4, 0.5) is 0 Å². The summed E-state index contributed by atoms with van der Waals surface area (Å²) in [5, 5.41) is 12.2. The van der Waals surface area contributed by atoms with Gasteiger partial charge in [-0.2, -0.15) is 0 Å². The van der Waals surface area contributed by atoms with Gasteiger partial charge in [0.1, 0.15) is 5.75 Å². The Bertz CT molecular complexity index is 916. The summed E-state index contributed by atoms with van der Waals surface area (Å²) in [6.07, 6.45) is 0.666. The fraction of sp³-hybridized carbons (Fsp3) is 0.250. The lowest BCUT2D eigenvalue weighted by Crippen LogP contribution is -2.31. The third kappa shape index (κ3) is 3.64. The molecule has 1 aliphatic rings. The van der Waals surface area contributed by atoms with E-state index < -0.39 is 23.7 Å². The Balaban J connectivity index is 2.08. The molecule has 27 heavy (non-hydrogen) atoms. The van der Waals surface area contributed by atoms with Gasteiger partial charge in [0.15, 0.2) is 5.76 Å². The van der Waals surface area contributed by atoms with Crippen LogP contribution in [0.15, 0.2) is 53.1 Å². The van der Waals surface area contributed by atoms with Crippen LogP contribution in [0.25, 0.3) is 0 Å². The molecule has 0 saturated heterocycles. The van der Waals surface area contributed by atoms with Gasteiger partial charge in [0.25, 0.3) is 5.91 Å². The summed E-state index contributed by atoms with van der Waals surface area (Å²) >= 11 is 1.25. The number of ether oxygens (including phenoxy) is 1. The molecular weight excluding hydrogens is 366 g/mol. The summed E-state index contributed by atoms with van der Waals surface area (Å²) in [6, 6.07) is 9.33. The monoisotopic (exact) mass is 385 g/mol. The molecule has 2 aromatic rings. The fourth-order valence-electron chi connectivity index (χ4n) is 3.16. The van der Waals surface area contributed by atoms with Crippen molar-refractivity contribution >= 4 is 29.0 Å². The Morgan fingerprint density at radius 1 is 1.26 bits per heavy atom. The average Bonchev–Trinajstić information content (AvgIpc) is 3.24. The molecule has 0 radical (unpaired) electrons. The van der Waals surface area contributed by atoms with Gasteiger partial charge in [-0.05, 0) is 35.6 Å². The zero-order valence-electron chi connectivity index (χ0n) is 15.0. The lowest BCUT2D eigenvalue weighted by Gasteiger charge is -2.26. The molecule has 1 aromatic carbocycles. The molecule has 0 aliphatic carbocycles. The highest BCUT2D eigenvalue weighted by atomic mass is 32.1. The standard InChI is InChI=1S/C20H19NO5S/c1-3-9-21-17(13-6-4-7-14(11-13)26-12(2)22)16(19(24)20(21)25)18(23)15-8-5-10-27-15/h4-8,10-11,17,24H,3,9H2,1-2H3. The largest absolute Gasteiger partial charge is 0.503 e. The summed E-state index contributed by atoms with van der Waals surface area (Å²) in [4.78, 5) is 38.8. The van der Waals surface area contributed by atoms with Crippen LogP contribution in [0, 0.1) is 0 Å². The first-order valence-corrected chi connectivity index (χ1v) is 9.42. The van der Waals surface area contributed by atoms with E-state index in [2.05, 4.69) is 0 Å². The molecule has 3 rings (SSSR count). The predicted octanol–water partition coefficient (Wildman–Crippen LogP) is 3.66. The van der Waals surface area contributed by atoms with E-state index >= 15 is 0 Å². The van der Waals surface area contributed by atoms with E-state index in [1.54, 1.807) is 41.8 Å². The van der Waals surface area contributed by atoms with E-state index in [1.165, 1.54) is 23.2 Å². The summed E-state index contributed by atoms with van der Waals surface area (Å²) < 4.78 is 5.13. The molecule has 0 bridgehead atoms. The molecule has 7 heteroatoms. The van der Waals surface area contributed by atoms with Gasteiger partial charge in [-0.1, -0.05) is 25.1 Å². The molecule has 2 heterocycles. The summed E-state index contributed by atoms with van der Waals surface area (Å²) in [5.74, 6) is -1.62. The first kappa shape index (κ1) is 18.8. The Labute approximate surface area is 160 Å². The van der Waals surface area contributed by atoms with E-state index in [-0.39, 0.29) is 11.4 Å². The molecule has 140 valence electrons. The van der Waals surface area contributed by atoms with E-state index in [1.807, 2.05) is 6.92 Å². The van der Waals surface area contributed by atoms with Gasteiger partial charge in [-0.3, -0.25) is 14.4 Å². The van der Waals surface area contributed by atoms with Gasteiger partial charge < -0.3 is 14.7 Å². The highest BCUT2D eigenvalue weighted by molar-refractivity contribution is 7.12. The molecule has 1 atom stereocenters. The number of aliphatic hydroxyl groups is 1. The van der Waals surface area contributed by atoms with Crippen molar-refractivity contribution in [3.63, 3.8) is 0 Å². The predicted molar refractivity (Wildman–Crippen MR) is 101 cm³/mol. The number of nitrogens with zero attached hydrogens (tertiary/aromatic N) is 1. The van der Waals surface area contributed by atoms with E-state index in [9.17, 15) is 19.5 Å². The van der Waals surface area contributed by atoms with Crippen LogP contribution in [0.5, 0.6) is 5.75 Å². The highest BCUT2D eigenvalue weighted by Gasteiger charge is 2.43. The van der Waals surface area contributed by atoms with Crippen LogP contribution in [-0.4, -0.2) is 34.2 Å². The van der Waals surface area contributed by atoms with Crippen LogP contribution in [-0.2, 0) is 9.59 Å². The first-order valence-electron chi connectivity index (χ1n) is 8.54. The third-order valence-corrected chi connectivity index (χ3v) is 5.06. The Kier molecular flexibility index (Phi) is 5.41. The van der Waals surface area contributed by atoms with Crippen LogP contribution < -0.4 is 4.74 Å². The lowest BCUT2D eigenvalue weighted by molar-refractivity contribution is -0.132. The quantitative estimate of drug-likeness (QED) is 0.466. The first-order chi connectivity index (χ1) is 12.9. The Morgan fingerprint density at radius 3 is 2.67 bits per heavy atom. The Morgan fingerprint density at radius 2 is 2.04 bits per heavy atom. The number of amides is 1. The minimum absolute atomic E-state index is 0.0517. The SMILES string of the molecule is CCCN1C(=O)C(O)=C(C(=O)c2cccs2)C1c1cccc(OC(C)=O)c1. The van der Waals surface area contributed by atoms with E-state index in [4.69, 9.17) is 4.74 Å². The lowest BCUT2D eigenvalue weighted by atomic mass is 9.95. The molecule has 1 amide bonds. The second kappa shape index (κ2) is 7.75. The fourth-order valence-corrected chi connectivity index (χ4v) is 3.84. The summed E-state index contributed by atoms with van der Waals surface area (Å²) in [6.45, 7) is 3.59. The average molecular weight is 385 g/mol. The molecular formula is C20H19NO5S. The molecule has 0 saturated carbocycles. The number of carbonyl (C=O) groups excluding carboxylic acids is 3. The van der Waals surface area contributed by atoms with Crippen molar-refractivity contribution in [2.24, 2.45) is 0 Å². The van der Waals surface area contributed by atoms with Crippen molar-refractivity contribution in [3.8, 4) is 5.75 Å². The van der Waals surface area contributed by atoms with Crippen molar-refractivity contribution in [1.29, 1.82) is 0 Å². The number of benzene rings is 1. The molecule has 0 fully saturated rings. The van der Waals surface area contributed by atoms with Crippen molar-refractivity contribution in [2.45, 2.75) is 26.3 Å². The van der Waals surface area contributed by atoms with E-state index in [0.29, 0.717) is 29.2 Å². The molecule has 1 unspecified atom stereocenters. The minimum Gasteiger partial charge on any atom is -0.503 e. The number of Topliss-reactive ketones (excluding diaryl/α,β-unsaturated/α-hetero) is 1. The second-order valence-corrected chi connectivity index (χ2v) is 7.08. The zero-order chi connectivity index (χ0) is 19.6. The van der Waals surface area contributed by atoms with Gasteiger partial charge in [-0.25, -0.2) is 0 Å². The number of aliphatic hydroxyl groups excluding tert-OH is 1. The number of carbonyl (C=O) groups is 3. The van der Waals surface area contributed by atoms with Crippen molar-refractivity contribution < 1.29 is 24.2 Å². The van der Waals surface area contributed by atoms with Crippen LogP contribution in [0.2, 0.25) is 0 Å². The van der Waals surface area contributed by atoms with Crippen LogP contribution in [0.3, 0.4) is 0 Å². The van der Waals surface area contributed by atoms with Gasteiger partial charge in [0, 0.05) is 13.5 Å². The molecule has 1 aliphatic heterocycles. The van der Waals surface area contributed by atoms with Crippen LogP contribution in [0.1, 0.15) is 41.5 Å². The minimum atomic E-state index is -0.734. The Hall–Kier alpha value is -2.93. The van der Waals surface area contributed by atoms with Gasteiger partial charge in [0.2, 0.25) is 5.78 Å². The summed E-state index contributed by atoms with van der Waals surface area (Å²) in [5.41, 5.74) is 0.649. The van der Waals surface area contributed by atoms with Crippen molar-refractivity contribution in [1.82, 2.24) is 4.90 Å². The van der Waals surface area contributed by atoms with E-state index in [0.717, 1.165) is 0 Å². The molecule has 1 N–H and O–H groups in total. The van der Waals surface area contributed by atoms with Crippen LogP contribution >= 0.6 is 11.3 Å². The third-order valence-electron chi connectivity index (χ3n) is 4.19. The molecule has 1 aromatic heterocycles. The smallest absolute Gasteiger partial charge is 0.308 e. The normalized spacial score (nSPS) is 16.7. The number of ketones is 1. The van der Waals surface area contributed by atoms with Crippen molar-refractivity contribution in [2.75, 3.05) is 6.54 Å². The maximum atomic E-state index is 13.0. The number of rotatable bonds is 6. The molecule has 0 spiro atoms. The van der Waals surface area contributed by atoms with Gasteiger partial charge in [-0.15, -0.1) is 11.3 Å².